The summed E-state index contributed by atoms with van der Waals surface area (Å²) in [6.07, 6.45) is 16.2. The fourth-order valence-electron chi connectivity index (χ4n) is 6.69. The Morgan fingerprint density at radius 2 is 1.72 bits per heavy atom. The molecule has 1 amide bonds. The molecular formula is C26H38N2O. The van der Waals surface area contributed by atoms with Crippen LogP contribution in [0.15, 0.2) is 18.2 Å². The third-order valence-corrected chi connectivity index (χ3v) is 8.42. The highest BCUT2D eigenvalue weighted by Gasteiger charge is 2.46. The Kier molecular flexibility index (Phi) is 5.69. The van der Waals surface area contributed by atoms with Crippen molar-refractivity contribution in [3.8, 4) is 0 Å². The highest BCUT2D eigenvalue weighted by atomic mass is 16.2. The summed E-state index contributed by atoms with van der Waals surface area (Å²) in [4.78, 5) is 17.9. The van der Waals surface area contributed by atoms with Crippen molar-refractivity contribution in [3.63, 3.8) is 0 Å². The second-order valence-corrected chi connectivity index (χ2v) is 10.3. The molecule has 0 bridgehead atoms. The van der Waals surface area contributed by atoms with Gasteiger partial charge in [-0.1, -0.05) is 37.5 Å². The summed E-state index contributed by atoms with van der Waals surface area (Å²) in [5.41, 5.74) is 4.82. The highest BCUT2D eigenvalue weighted by Crippen LogP contribution is 2.41. The first-order valence-corrected chi connectivity index (χ1v) is 12.4. The van der Waals surface area contributed by atoms with Gasteiger partial charge in [0.05, 0.1) is 0 Å². The lowest BCUT2D eigenvalue weighted by molar-refractivity contribution is -0.132. The number of carbonyl (C=O) groups is 1. The van der Waals surface area contributed by atoms with E-state index in [1.165, 1.54) is 82.7 Å². The van der Waals surface area contributed by atoms with Gasteiger partial charge in [0.25, 0.3) is 0 Å². The third-order valence-electron chi connectivity index (χ3n) is 8.42. The number of rotatable bonds is 4. The number of hydrogen-bond acceptors (Lipinski definition) is 2. The molecule has 0 radical (unpaired) electrons. The average molecular weight is 395 g/mol. The van der Waals surface area contributed by atoms with Crippen LogP contribution in [0.3, 0.4) is 0 Å². The number of nitrogens with zero attached hydrogens (tertiary/aromatic N) is 2. The lowest BCUT2D eigenvalue weighted by Gasteiger charge is -2.41. The molecule has 2 aliphatic heterocycles. The van der Waals surface area contributed by atoms with E-state index in [-0.39, 0.29) is 5.54 Å². The van der Waals surface area contributed by atoms with Gasteiger partial charge in [0.15, 0.2) is 0 Å². The summed E-state index contributed by atoms with van der Waals surface area (Å²) >= 11 is 0. The first-order chi connectivity index (χ1) is 14.2. The second-order valence-electron chi connectivity index (χ2n) is 10.3. The van der Waals surface area contributed by atoms with E-state index in [9.17, 15) is 4.79 Å². The van der Waals surface area contributed by atoms with E-state index in [4.69, 9.17) is 0 Å². The minimum Gasteiger partial charge on any atom is -0.337 e. The predicted molar refractivity (Wildman–Crippen MR) is 118 cm³/mol. The molecule has 1 saturated carbocycles. The number of benzene rings is 1. The largest absolute Gasteiger partial charge is 0.337 e. The molecule has 0 N–H and O–H groups in total. The molecule has 1 aromatic rings. The summed E-state index contributed by atoms with van der Waals surface area (Å²) < 4.78 is 0. The Hall–Kier alpha value is -1.35. The van der Waals surface area contributed by atoms with E-state index in [1.54, 1.807) is 11.1 Å². The lowest BCUT2D eigenvalue weighted by Crippen LogP contribution is -2.48. The van der Waals surface area contributed by atoms with Gasteiger partial charge in [0, 0.05) is 31.6 Å². The molecular weight excluding hydrogens is 356 g/mol. The quantitative estimate of drug-likeness (QED) is 0.709. The molecule has 0 unspecified atom stereocenters. The fraction of sp³-hybridized carbons (Fsp3) is 0.731. The van der Waals surface area contributed by atoms with Gasteiger partial charge in [0.1, 0.15) is 0 Å². The SMILES string of the molecule is O=C1CC[C@]2(CCCN(Cc3ccc4c(c3)CCC4)CC2)N1CC1CCCCC1. The Morgan fingerprint density at radius 3 is 2.62 bits per heavy atom. The van der Waals surface area contributed by atoms with Crippen LogP contribution in [-0.4, -0.2) is 40.9 Å². The number of fused-ring (bicyclic) bond motifs is 1. The van der Waals surface area contributed by atoms with Gasteiger partial charge in [-0.25, -0.2) is 0 Å². The Bertz CT molecular complexity index is 738. The zero-order valence-electron chi connectivity index (χ0n) is 18.1. The normalized spacial score (nSPS) is 28.8. The van der Waals surface area contributed by atoms with E-state index in [2.05, 4.69) is 28.0 Å². The average Bonchev–Trinajstić information content (AvgIpc) is 3.26. The number of carbonyl (C=O) groups excluding carboxylic acids is 1. The number of aryl methyl sites for hydroxylation is 2. The van der Waals surface area contributed by atoms with Gasteiger partial charge in [0.2, 0.25) is 5.91 Å². The molecule has 5 rings (SSSR count). The second kappa shape index (κ2) is 8.41. The zero-order chi connectivity index (χ0) is 19.7. The standard InChI is InChI=1S/C26H38N2O/c29-25-12-14-26(28(25)20-21-6-2-1-3-7-21)13-5-16-27(17-15-26)19-22-10-11-23-8-4-9-24(23)18-22/h10-11,18,21H,1-9,12-17,19-20H2/t26-/m0/s1. The van der Waals surface area contributed by atoms with Crippen LogP contribution < -0.4 is 0 Å². The van der Waals surface area contributed by atoms with E-state index >= 15 is 0 Å². The van der Waals surface area contributed by atoms with Crippen LogP contribution in [0.1, 0.15) is 87.3 Å². The summed E-state index contributed by atoms with van der Waals surface area (Å²) in [6.45, 7) is 4.46. The van der Waals surface area contributed by atoms with E-state index < -0.39 is 0 Å². The van der Waals surface area contributed by atoms with Crippen molar-refractivity contribution in [1.29, 1.82) is 0 Å². The maximum absolute atomic E-state index is 12.8. The van der Waals surface area contributed by atoms with Crippen molar-refractivity contribution in [1.82, 2.24) is 9.80 Å². The maximum Gasteiger partial charge on any atom is 0.223 e. The van der Waals surface area contributed by atoms with Crippen molar-refractivity contribution in [2.75, 3.05) is 19.6 Å². The summed E-state index contributed by atoms with van der Waals surface area (Å²) in [6, 6.07) is 7.20. The molecule has 2 saturated heterocycles. The topological polar surface area (TPSA) is 23.6 Å². The molecule has 2 aliphatic carbocycles. The minimum atomic E-state index is 0.168. The van der Waals surface area contributed by atoms with Crippen LogP contribution in [0.5, 0.6) is 0 Å². The van der Waals surface area contributed by atoms with Crippen LogP contribution >= 0.6 is 0 Å². The smallest absolute Gasteiger partial charge is 0.223 e. The molecule has 3 nitrogen and oxygen atoms in total. The van der Waals surface area contributed by atoms with Gasteiger partial charge < -0.3 is 4.90 Å². The minimum absolute atomic E-state index is 0.168. The molecule has 0 aromatic heterocycles. The molecule has 1 spiro atoms. The van der Waals surface area contributed by atoms with Gasteiger partial charge >= 0.3 is 0 Å². The van der Waals surface area contributed by atoms with Crippen molar-refractivity contribution in [2.45, 2.75) is 95.6 Å². The zero-order valence-corrected chi connectivity index (χ0v) is 18.1. The van der Waals surface area contributed by atoms with Gasteiger partial charge in [-0.3, -0.25) is 9.69 Å². The Morgan fingerprint density at radius 1 is 0.862 bits per heavy atom. The third kappa shape index (κ3) is 4.13. The number of amides is 1. The lowest BCUT2D eigenvalue weighted by atomic mass is 9.84. The first kappa shape index (κ1) is 19.6. The molecule has 3 heteroatoms. The number of likely N-dealkylation sites (tertiary alicyclic amines) is 2. The molecule has 4 aliphatic rings. The monoisotopic (exact) mass is 394 g/mol. The van der Waals surface area contributed by atoms with E-state index in [0.717, 1.165) is 38.4 Å². The molecule has 1 atom stereocenters. The van der Waals surface area contributed by atoms with Crippen LogP contribution in [0.4, 0.5) is 0 Å². The van der Waals surface area contributed by atoms with Crippen molar-refractivity contribution in [3.05, 3.63) is 34.9 Å². The van der Waals surface area contributed by atoms with E-state index in [1.807, 2.05) is 0 Å². The molecule has 3 fully saturated rings. The first-order valence-electron chi connectivity index (χ1n) is 12.4. The van der Waals surface area contributed by atoms with Crippen LogP contribution in [0.2, 0.25) is 0 Å². The summed E-state index contributed by atoms with van der Waals surface area (Å²) in [7, 11) is 0. The highest BCUT2D eigenvalue weighted by molar-refractivity contribution is 5.79. The van der Waals surface area contributed by atoms with Crippen molar-refractivity contribution in [2.24, 2.45) is 5.92 Å². The predicted octanol–water partition coefficient (Wildman–Crippen LogP) is 5.10. The molecule has 1 aromatic carbocycles. The van der Waals surface area contributed by atoms with Gasteiger partial charge in [-0.15, -0.1) is 0 Å². The molecule has 158 valence electrons. The summed E-state index contributed by atoms with van der Waals surface area (Å²) in [5, 5.41) is 0. The van der Waals surface area contributed by atoms with Crippen molar-refractivity contribution < 1.29 is 4.79 Å². The molecule has 2 heterocycles. The fourth-order valence-corrected chi connectivity index (χ4v) is 6.69. The van der Waals surface area contributed by atoms with E-state index in [0.29, 0.717) is 5.91 Å². The van der Waals surface area contributed by atoms with Gasteiger partial charge in [-0.2, -0.15) is 0 Å². The molecule has 29 heavy (non-hydrogen) atoms. The van der Waals surface area contributed by atoms with Crippen LogP contribution in [0.25, 0.3) is 0 Å². The maximum atomic E-state index is 12.8. The number of hydrogen-bond donors (Lipinski definition) is 0. The van der Waals surface area contributed by atoms with Crippen molar-refractivity contribution >= 4 is 5.91 Å². The Balaban J connectivity index is 1.24. The summed E-state index contributed by atoms with van der Waals surface area (Å²) in [5.74, 6) is 1.20. The van der Waals surface area contributed by atoms with Crippen LogP contribution in [0, 0.1) is 5.92 Å². The van der Waals surface area contributed by atoms with Gasteiger partial charge in [-0.05, 0) is 86.9 Å². The Labute approximate surface area is 176 Å². The van der Waals surface area contributed by atoms with Crippen LogP contribution in [-0.2, 0) is 24.2 Å².